The van der Waals surface area contributed by atoms with Gasteiger partial charge in [0, 0.05) is 6.54 Å². The minimum Gasteiger partial charge on any atom is -0.207 e. The summed E-state index contributed by atoms with van der Waals surface area (Å²) in [5.41, 5.74) is 3.63. The number of benzene rings is 1. The number of thiophene rings is 1. The van der Waals surface area contributed by atoms with E-state index < -0.39 is 10.0 Å². The Kier molecular flexibility index (Phi) is 4.08. The van der Waals surface area contributed by atoms with E-state index >= 15 is 0 Å². The molecule has 2 aromatic rings. The first kappa shape index (κ1) is 14.2. The highest BCUT2D eigenvalue weighted by molar-refractivity contribution is 7.89. The van der Waals surface area contributed by atoms with Crippen molar-refractivity contribution in [1.29, 1.82) is 0 Å². The Morgan fingerprint density at radius 2 is 1.79 bits per heavy atom. The molecule has 1 aromatic carbocycles. The SMILES string of the molecule is Cc1cc(C)c(S(=O)(=O)NCc2ccsc2)c(C)c1. The van der Waals surface area contributed by atoms with Gasteiger partial charge in [-0.25, -0.2) is 13.1 Å². The van der Waals surface area contributed by atoms with Crippen molar-refractivity contribution >= 4 is 21.4 Å². The van der Waals surface area contributed by atoms with E-state index in [1.54, 1.807) is 11.3 Å². The average Bonchev–Trinajstić information content (AvgIpc) is 2.77. The molecule has 19 heavy (non-hydrogen) atoms. The van der Waals surface area contributed by atoms with Gasteiger partial charge in [-0.05, 0) is 54.3 Å². The van der Waals surface area contributed by atoms with E-state index in [2.05, 4.69) is 4.72 Å². The number of hydrogen-bond donors (Lipinski definition) is 1. The van der Waals surface area contributed by atoms with Crippen LogP contribution in [0.2, 0.25) is 0 Å². The molecule has 0 radical (unpaired) electrons. The van der Waals surface area contributed by atoms with Crippen molar-refractivity contribution in [2.45, 2.75) is 32.2 Å². The summed E-state index contributed by atoms with van der Waals surface area (Å²) in [6, 6.07) is 5.71. The first-order valence-electron chi connectivity index (χ1n) is 5.99. The predicted octanol–water partition coefficient (Wildman–Crippen LogP) is 3.15. The van der Waals surface area contributed by atoms with Crippen LogP contribution < -0.4 is 4.72 Å². The monoisotopic (exact) mass is 295 g/mol. The van der Waals surface area contributed by atoms with E-state index in [4.69, 9.17) is 0 Å². The largest absolute Gasteiger partial charge is 0.241 e. The fourth-order valence-electron chi connectivity index (χ4n) is 2.23. The van der Waals surface area contributed by atoms with E-state index in [-0.39, 0.29) is 0 Å². The van der Waals surface area contributed by atoms with Crippen molar-refractivity contribution in [3.63, 3.8) is 0 Å². The van der Waals surface area contributed by atoms with Crippen LogP contribution in [0, 0.1) is 20.8 Å². The van der Waals surface area contributed by atoms with E-state index in [1.165, 1.54) is 0 Å². The van der Waals surface area contributed by atoms with Crippen LogP contribution in [0.1, 0.15) is 22.3 Å². The molecule has 0 aliphatic heterocycles. The lowest BCUT2D eigenvalue weighted by Crippen LogP contribution is -2.24. The minimum atomic E-state index is -3.46. The lowest BCUT2D eigenvalue weighted by atomic mass is 10.1. The normalized spacial score (nSPS) is 11.7. The molecule has 0 saturated heterocycles. The Morgan fingerprint density at radius 1 is 1.16 bits per heavy atom. The molecule has 0 aliphatic rings. The number of aryl methyl sites for hydroxylation is 3. The maximum absolute atomic E-state index is 12.4. The van der Waals surface area contributed by atoms with Crippen LogP contribution >= 0.6 is 11.3 Å². The van der Waals surface area contributed by atoms with Gasteiger partial charge in [0.05, 0.1) is 4.90 Å². The van der Waals surface area contributed by atoms with Crippen molar-refractivity contribution in [3.05, 3.63) is 51.2 Å². The van der Waals surface area contributed by atoms with Crippen molar-refractivity contribution in [1.82, 2.24) is 4.72 Å². The summed E-state index contributed by atoms with van der Waals surface area (Å²) in [6.07, 6.45) is 0. The van der Waals surface area contributed by atoms with Gasteiger partial charge >= 0.3 is 0 Å². The van der Waals surface area contributed by atoms with Gasteiger partial charge in [-0.1, -0.05) is 17.7 Å². The van der Waals surface area contributed by atoms with Gasteiger partial charge in [0.25, 0.3) is 0 Å². The first-order chi connectivity index (χ1) is 8.90. The zero-order chi connectivity index (χ0) is 14.0. The van der Waals surface area contributed by atoms with Gasteiger partial charge in [0.1, 0.15) is 0 Å². The molecule has 5 heteroatoms. The third kappa shape index (κ3) is 3.23. The van der Waals surface area contributed by atoms with Crippen molar-refractivity contribution in [2.24, 2.45) is 0 Å². The summed E-state index contributed by atoms with van der Waals surface area (Å²) in [6.45, 7) is 5.96. The predicted molar refractivity (Wildman–Crippen MR) is 79.0 cm³/mol. The van der Waals surface area contributed by atoms with Gasteiger partial charge in [0.2, 0.25) is 10.0 Å². The van der Waals surface area contributed by atoms with E-state index in [0.717, 1.165) is 22.3 Å². The summed E-state index contributed by atoms with van der Waals surface area (Å²) in [5.74, 6) is 0. The van der Waals surface area contributed by atoms with Gasteiger partial charge in [0.15, 0.2) is 0 Å². The Hall–Kier alpha value is -1.17. The lowest BCUT2D eigenvalue weighted by molar-refractivity contribution is 0.580. The van der Waals surface area contributed by atoms with Crippen LogP contribution in [0.5, 0.6) is 0 Å². The Labute approximate surface area is 118 Å². The van der Waals surface area contributed by atoms with Gasteiger partial charge in [-0.2, -0.15) is 11.3 Å². The molecule has 0 atom stereocenters. The Morgan fingerprint density at radius 3 is 2.32 bits per heavy atom. The average molecular weight is 295 g/mol. The molecule has 3 nitrogen and oxygen atoms in total. The van der Waals surface area contributed by atoms with Gasteiger partial charge in [-0.15, -0.1) is 0 Å². The topological polar surface area (TPSA) is 46.2 Å². The van der Waals surface area contributed by atoms with Crippen molar-refractivity contribution < 1.29 is 8.42 Å². The lowest BCUT2D eigenvalue weighted by Gasteiger charge is -2.12. The molecule has 2 rings (SSSR count). The summed E-state index contributed by atoms with van der Waals surface area (Å²) >= 11 is 1.56. The number of nitrogens with one attached hydrogen (secondary N) is 1. The summed E-state index contributed by atoms with van der Waals surface area (Å²) in [7, 11) is -3.46. The second-order valence-corrected chi connectivity index (χ2v) is 7.17. The maximum Gasteiger partial charge on any atom is 0.241 e. The molecule has 0 saturated carbocycles. The molecule has 0 fully saturated rings. The Bertz CT molecular complexity index is 650. The molecule has 0 aliphatic carbocycles. The second kappa shape index (κ2) is 5.45. The zero-order valence-corrected chi connectivity index (χ0v) is 12.9. The van der Waals surface area contributed by atoms with Crippen LogP contribution in [-0.2, 0) is 16.6 Å². The van der Waals surface area contributed by atoms with Crippen LogP contribution in [0.15, 0.2) is 33.9 Å². The molecule has 1 heterocycles. The zero-order valence-electron chi connectivity index (χ0n) is 11.2. The molecule has 0 bridgehead atoms. The summed E-state index contributed by atoms with van der Waals surface area (Å²) < 4.78 is 27.4. The molecule has 0 spiro atoms. The van der Waals surface area contributed by atoms with E-state index in [1.807, 2.05) is 49.7 Å². The number of hydrogen-bond acceptors (Lipinski definition) is 3. The molecule has 0 amide bonds. The van der Waals surface area contributed by atoms with Gasteiger partial charge < -0.3 is 0 Å². The van der Waals surface area contributed by atoms with Crippen molar-refractivity contribution in [2.75, 3.05) is 0 Å². The van der Waals surface area contributed by atoms with E-state index in [9.17, 15) is 8.42 Å². The quantitative estimate of drug-likeness (QED) is 0.942. The molecule has 1 N–H and O–H groups in total. The fraction of sp³-hybridized carbons (Fsp3) is 0.286. The summed E-state index contributed by atoms with van der Waals surface area (Å²) in [4.78, 5) is 0.397. The smallest absolute Gasteiger partial charge is 0.207 e. The molecular weight excluding hydrogens is 278 g/mol. The third-order valence-electron chi connectivity index (χ3n) is 2.92. The third-order valence-corrected chi connectivity index (χ3v) is 5.36. The highest BCUT2D eigenvalue weighted by Crippen LogP contribution is 2.21. The number of rotatable bonds is 4. The highest BCUT2D eigenvalue weighted by atomic mass is 32.2. The molecule has 102 valence electrons. The molecular formula is C14H17NO2S2. The first-order valence-corrected chi connectivity index (χ1v) is 8.41. The number of sulfonamides is 1. The van der Waals surface area contributed by atoms with Crippen LogP contribution in [0.4, 0.5) is 0 Å². The fourth-order valence-corrected chi connectivity index (χ4v) is 4.37. The summed E-state index contributed by atoms with van der Waals surface area (Å²) in [5, 5.41) is 3.88. The molecule has 0 unspecified atom stereocenters. The van der Waals surface area contributed by atoms with Crippen LogP contribution in [0.3, 0.4) is 0 Å². The van der Waals surface area contributed by atoms with Crippen LogP contribution in [0.25, 0.3) is 0 Å². The van der Waals surface area contributed by atoms with Crippen molar-refractivity contribution in [3.8, 4) is 0 Å². The maximum atomic E-state index is 12.4. The second-order valence-electron chi connectivity index (χ2n) is 4.68. The molecule has 1 aromatic heterocycles. The van der Waals surface area contributed by atoms with E-state index in [0.29, 0.717) is 11.4 Å². The van der Waals surface area contributed by atoms with Crippen LogP contribution in [-0.4, -0.2) is 8.42 Å². The Balaban J connectivity index is 2.29. The minimum absolute atomic E-state index is 0.332. The van der Waals surface area contributed by atoms with Gasteiger partial charge in [-0.3, -0.25) is 0 Å². The highest BCUT2D eigenvalue weighted by Gasteiger charge is 2.19. The standard InChI is InChI=1S/C14H17NO2S2/c1-10-6-11(2)14(12(3)7-10)19(16,17)15-8-13-4-5-18-9-13/h4-7,9,15H,8H2,1-3H3.